The summed E-state index contributed by atoms with van der Waals surface area (Å²) in [5, 5.41) is 0.834. The molecule has 21 heavy (non-hydrogen) atoms. The summed E-state index contributed by atoms with van der Waals surface area (Å²) in [5.74, 6) is 2.45. The molecule has 106 valence electrons. The van der Waals surface area contributed by atoms with Crippen molar-refractivity contribution in [2.45, 2.75) is 0 Å². The van der Waals surface area contributed by atoms with Crippen molar-refractivity contribution < 1.29 is 14.2 Å². The van der Waals surface area contributed by atoms with Gasteiger partial charge in [-0.2, -0.15) is 0 Å². The molecule has 0 aliphatic heterocycles. The summed E-state index contributed by atoms with van der Waals surface area (Å²) in [4.78, 5) is 8.49. The molecule has 0 radical (unpaired) electrons. The van der Waals surface area contributed by atoms with E-state index >= 15 is 0 Å². The molecule has 0 aliphatic rings. The molecule has 5 heteroatoms. The van der Waals surface area contributed by atoms with Crippen LogP contribution < -0.4 is 14.2 Å². The lowest BCUT2D eigenvalue weighted by molar-refractivity contribution is 0.355. The molecule has 0 saturated heterocycles. The lowest BCUT2D eigenvalue weighted by Gasteiger charge is -2.11. The first kappa shape index (κ1) is 13.2. The van der Waals surface area contributed by atoms with Gasteiger partial charge in [0.05, 0.1) is 19.7 Å². The number of methoxy groups -OCH3 is 2. The molecule has 0 aliphatic carbocycles. The highest BCUT2D eigenvalue weighted by Crippen LogP contribution is 2.36. The van der Waals surface area contributed by atoms with Gasteiger partial charge in [0, 0.05) is 29.9 Å². The Labute approximate surface area is 122 Å². The molecule has 0 amide bonds. The van der Waals surface area contributed by atoms with Gasteiger partial charge < -0.3 is 14.2 Å². The summed E-state index contributed by atoms with van der Waals surface area (Å²) in [6, 6.07) is 11.0. The van der Waals surface area contributed by atoms with E-state index in [1.54, 1.807) is 38.7 Å². The maximum Gasteiger partial charge on any atom is 0.219 e. The number of fused-ring (bicyclic) bond motifs is 1. The van der Waals surface area contributed by atoms with Crippen LogP contribution in [0.4, 0.5) is 0 Å². The summed E-state index contributed by atoms with van der Waals surface area (Å²) in [6.07, 6.45) is 3.37. The Morgan fingerprint density at radius 3 is 2.33 bits per heavy atom. The molecule has 2 aromatic heterocycles. The van der Waals surface area contributed by atoms with E-state index in [0.29, 0.717) is 23.1 Å². The molecule has 1 aromatic carbocycles. The summed E-state index contributed by atoms with van der Waals surface area (Å²) in [6.45, 7) is 0. The molecule has 0 bridgehead atoms. The predicted molar refractivity (Wildman–Crippen MR) is 79.2 cm³/mol. The molecule has 5 nitrogen and oxygen atoms in total. The minimum absolute atomic E-state index is 0.528. The van der Waals surface area contributed by atoms with Crippen molar-refractivity contribution in [1.29, 1.82) is 0 Å². The fourth-order valence-electron chi connectivity index (χ4n) is 2.06. The summed E-state index contributed by atoms with van der Waals surface area (Å²) < 4.78 is 16.4. The number of rotatable bonds is 4. The van der Waals surface area contributed by atoms with Crippen LogP contribution in [-0.4, -0.2) is 24.2 Å². The molecule has 0 N–H and O–H groups in total. The number of hydrogen-bond acceptors (Lipinski definition) is 5. The fraction of sp³-hybridized carbons (Fsp3) is 0.125. The topological polar surface area (TPSA) is 53.5 Å². The molecule has 0 atom stereocenters. The molecule has 0 spiro atoms. The van der Waals surface area contributed by atoms with Gasteiger partial charge in [-0.25, -0.2) is 4.98 Å². The van der Waals surface area contributed by atoms with Crippen LogP contribution in [0.2, 0.25) is 0 Å². The van der Waals surface area contributed by atoms with E-state index in [9.17, 15) is 0 Å². The molecule has 0 saturated carbocycles. The molecular formula is C16H14N2O3. The SMILES string of the molecule is COc1cc2nccc(Oc3ccccn3)c2cc1OC. The van der Waals surface area contributed by atoms with Crippen molar-refractivity contribution >= 4 is 10.9 Å². The maximum atomic E-state index is 5.82. The van der Waals surface area contributed by atoms with Crippen LogP contribution in [0.5, 0.6) is 23.1 Å². The van der Waals surface area contributed by atoms with Crippen LogP contribution in [0.15, 0.2) is 48.8 Å². The van der Waals surface area contributed by atoms with E-state index in [-0.39, 0.29) is 0 Å². The Bertz CT molecular complexity index is 760. The van der Waals surface area contributed by atoms with E-state index in [0.717, 1.165) is 10.9 Å². The molecule has 0 fully saturated rings. The number of benzene rings is 1. The monoisotopic (exact) mass is 282 g/mol. The number of hydrogen-bond donors (Lipinski definition) is 0. The highest BCUT2D eigenvalue weighted by molar-refractivity contribution is 5.88. The van der Waals surface area contributed by atoms with E-state index in [1.165, 1.54) is 0 Å². The number of nitrogens with zero attached hydrogens (tertiary/aromatic N) is 2. The van der Waals surface area contributed by atoms with Crippen molar-refractivity contribution in [2.24, 2.45) is 0 Å². The lowest BCUT2D eigenvalue weighted by atomic mass is 10.2. The van der Waals surface area contributed by atoms with Crippen molar-refractivity contribution in [3.8, 4) is 23.1 Å². The van der Waals surface area contributed by atoms with Crippen LogP contribution in [0, 0.1) is 0 Å². The van der Waals surface area contributed by atoms with E-state index in [4.69, 9.17) is 14.2 Å². The van der Waals surface area contributed by atoms with Gasteiger partial charge >= 0.3 is 0 Å². The maximum absolute atomic E-state index is 5.82. The van der Waals surface area contributed by atoms with Crippen molar-refractivity contribution in [1.82, 2.24) is 9.97 Å². The Hall–Kier alpha value is -2.82. The zero-order chi connectivity index (χ0) is 14.7. The average Bonchev–Trinajstić information content (AvgIpc) is 2.55. The van der Waals surface area contributed by atoms with Crippen LogP contribution >= 0.6 is 0 Å². The molecule has 0 unspecified atom stereocenters. The second-order valence-electron chi connectivity index (χ2n) is 4.30. The smallest absolute Gasteiger partial charge is 0.219 e. The third-order valence-corrected chi connectivity index (χ3v) is 3.06. The molecule has 3 aromatic rings. The normalized spacial score (nSPS) is 10.4. The first-order chi connectivity index (χ1) is 10.3. The number of ether oxygens (including phenoxy) is 3. The third kappa shape index (κ3) is 2.58. The van der Waals surface area contributed by atoms with E-state index in [2.05, 4.69) is 9.97 Å². The predicted octanol–water partition coefficient (Wildman–Crippen LogP) is 3.44. The first-order valence-electron chi connectivity index (χ1n) is 6.41. The second kappa shape index (κ2) is 5.66. The quantitative estimate of drug-likeness (QED) is 0.733. The average molecular weight is 282 g/mol. The standard InChI is InChI=1S/C16H14N2O3/c1-19-14-9-11-12(10-15(14)20-2)17-8-6-13(11)21-16-5-3-4-7-18-16/h3-10H,1-2H3. The highest BCUT2D eigenvalue weighted by atomic mass is 16.5. The van der Waals surface area contributed by atoms with Crippen molar-refractivity contribution in [3.05, 3.63) is 48.8 Å². The molecular weight excluding hydrogens is 268 g/mol. The van der Waals surface area contributed by atoms with Crippen LogP contribution in [0.25, 0.3) is 10.9 Å². The van der Waals surface area contributed by atoms with Gasteiger partial charge in [-0.1, -0.05) is 6.07 Å². The Balaban J connectivity index is 2.10. The van der Waals surface area contributed by atoms with Crippen molar-refractivity contribution in [3.63, 3.8) is 0 Å². The number of aromatic nitrogens is 2. The highest BCUT2D eigenvalue weighted by Gasteiger charge is 2.11. The summed E-state index contributed by atoms with van der Waals surface area (Å²) in [5.41, 5.74) is 0.765. The van der Waals surface area contributed by atoms with Crippen molar-refractivity contribution in [2.75, 3.05) is 14.2 Å². The minimum Gasteiger partial charge on any atom is -0.493 e. The Morgan fingerprint density at radius 1 is 0.810 bits per heavy atom. The van der Waals surface area contributed by atoms with Gasteiger partial charge in [-0.3, -0.25) is 4.98 Å². The van der Waals surface area contributed by atoms with Gasteiger partial charge in [0.1, 0.15) is 5.75 Å². The van der Waals surface area contributed by atoms with Crippen LogP contribution in [0.1, 0.15) is 0 Å². The Kier molecular flexibility index (Phi) is 3.55. The first-order valence-corrected chi connectivity index (χ1v) is 6.41. The summed E-state index contributed by atoms with van der Waals surface area (Å²) in [7, 11) is 3.19. The zero-order valence-electron chi connectivity index (χ0n) is 11.7. The molecule has 3 rings (SSSR count). The van der Waals surface area contributed by atoms with Gasteiger partial charge in [0.15, 0.2) is 11.5 Å². The number of pyridine rings is 2. The third-order valence-electron chi connectivity index (χ3n) is 3.06. The minimum atomic E-state index is 0.528. The molecule has 2 heterocycles. The van der Waals surface area contributed by atoms with E-state index in [1.807, 2.05) is 24.3 Å². The van der Waals surface area contributed by atoms with Gasteiger partial charge in [0.25, 0.3) is 0 Å². The van der Waals surface area contributed by atoms with Gasteiger partial charge in [-0.15, -0.1) is 0 Å². The second-order valence-corrected chi connectivity index (χ2v) is 4.30. The fourth-order valence-corrected chi connectivity index (χ4v) is 2.06. The largest absolute Gasteiger partial charge is 0.493 e. The Morgan fingerprint density at radius 2 is 1.62 bits per heavy atom. The zero-order valence-corrected chi connectivity index (χ0v) is 11.7. The van der Waals surface area contributed by atoms with Gasteiger partial charge in [-0.05, 0) is 18.2 Å². The van der Waals surface area contributed by atoms with Crippen LogP contribution in [0.3, 0.4) is 0 Å². The van der Waals surface area contributed by atoms with Gasteiger partial charge in [0.2, 0.25) is 5.88 Å². The lowest BCUT2D eigenvalue weighted by Crippen LogP contribution is -1.93. The van der Waals surface area contributed by atoms with Crippen LogP contribution in [-0.2, 0) is 0 Å². The van der Waals surface area contributed by atoms with E-state index < -0.39 is 0 Å². The summed E-state index contributed by atoms with van der Waals surface area (Å²) >= 11 is 0.